The highest BCUT2D eigenvalue weighted by Gasteiger charge is 2.14. The Hall–Kier alpha value is -0.300. The molecule has 1 atom stereocenters. The monoisotopic (exact) mass is 181 g/mol. The molecule has 0 aromatic carbocycles. The zero-order valence-electron chi connectivity index (χ0n) is 9.05. The van der Waals surface area contributed by atoms with Crippen molar-refractivity contribution in [2.45, 2.75) is 58.4 Å². The molecule has 0 amide bonds. The van der Waals surface area contributed by atoms with E-state index in [0.717, 1.165) is 5.92 Å². The van der Waals surface area contributed by atoms with Crippen LogP contribution < -0.4 is 5.73 Å². The molecular formula is C12H23N. The summed E-state index contributed by atoms with van der Waals surface area (Å²) >= 11 is 0. The summed E-state index contributed by atoms with van der Waals surface area (Å²) in [4.78, 5) is 0. The first-order chi connectivity index (χ1) is 6.27. The summed E-state index contributed by atoms with van der Waals surface area (Å²) < 4.78 is 0. The van der Waals surface area contributed by atoms with Gasteiger partial charge in [0.2, 0.25) is 0 Å². The molecule has 1 nitrogen and oxygen atoms in total. The minimum absolute atomic E-state index is 0.332. The topological polar surface area (TPSA) is 26.0 Å². The van der Waals surface area contributed by atoms with Crippen LogP contribution >= 0.6 is 0 Å². The average Bonchev–Trinajstić information content (AvgIpc) is 2.32. The zero-order valence-corrected chi connectivity index (χ0v) is 9.05. The van der Waals surface area contributed by atoms with Crippen LogP contribution in [-0.2, 0) is 0 Å². The Bertz CT molecular complexity index is 168. The molecule has 0 aromatic rings. The first-order valence-corrected chi connectivity index (χ1v) is 5.74. The maximum atomic E-state index is 6.00. The first kappa shape index (κ1) is 10.8. The van der Waals surface area contributed by atoms with Gasteiger partial charge in [-0.15, -0.1) is 0 Å². The van der Waals surface area contributed by atoms with Crippen molar-refractivity contribution in [2.75, 3.05) is 0 Å². The SMILES string of the molecule is CCC(CC)C1=CC(N)CCCC1. The molecule has 1 heteroatoms. The lowest BCUT2D eigenvalue weighted by Crippen LogP contribution is -2.16. The summed E-state index contributed by atoms with van der Waals surface area (Å²) in [6, 6.07) is 0.332. The Labute approximate surface area is 82.4 Å². The van der Waals surface area contributed by atoms with E-state index in [-0.39, 0.29) is 0 Å². The second kappa shape index (κ2) is 5.43. The Morgan fingerprint density at radius 2 is 2.08 bits per heavy atom. The molecule has 76 valence electrons. The van der Waals surface area contributed by atoms with Crippen LogP contribution in [0.25, 0.3) is 0 Å². The van der Waals surface area contributed by atoms with Crippen molar-refractivity contribution in [2.24, 2.45) is 11.7 Å². The predicted molar refractivity (Wildman–Crippen MR) is 58.6 cm³/mol. The summed E-state index contributed by atoms with van der Waals surface area (Å²) in [7, 11) is 0. The highest BCUT2D eigenvalue weighted by Crippen LogP contribution is 2.27. The van der Waals surface area contributed by atoms with Crippen molar-refractivity contribution in [1.29, 1.82) is 0 Å². The number of nitrogens with two attached hydrogens (primary N) is 1. The first-order valence-electron chi connectivity index (χ1n) is 5.74. The van der Waals surface area contributed by atoms with E-state index in [1.807, 2.05) is 0 Å². The second-order valence-corrected chi connectivity index (χ2v) is 4.16. The van der Waals surface area contributed by atoms with Crippen LogP contribution in [-0.4, -0.2) is 6.04 Å². The third-order valence-corrected chi connectivity index (χ3v) is 3.19. The summed E-state index contributed by atoms with van der Waals surface area (Å²) in [6.45, 7) is 4.57. The Morgan fingerprint density at radius 3 is 2.69 bits per heavy atom. The van der Waals surface area contributed by atoms with E-state index in [4.69, 9.17) is 5.73 Å². The van der Waals surface area contributed by atoms with Crippen molar-refractivity contribution < 1.29 is 0 Å². The van der Waals surface area contributed by atoms with Crippen molar-refractivity contribution in [3.8, 4) is 0 Å². The van der Waals surface area contributed by atoms with Crippen LogP contribution in [0.2, 0.25) is 0 Å². The molecule has 0 aromatic heterocycles. The molecule has 1 aliphatic carbocycles. The number of allylic oxidation sites excluding steroid dienone is 1. The summed E-state index contributed by atoms with van der Waals surface area (Å²) in [5.41, 5.74) is 7.63. The zero-order chi connectivity index (χ0) is 9.68. The van der Waals surface area contributed by atoms with Crippen LogP contribution in [0.15, 0.2) is 11.6 Å². The molecule has 0 aliphatic heterocycles. The lowest BCUT2D eigenvalue weighted by Gasteiger charge is -2.16. The number of hydrogen-bond acceptors (Lipinski definition) is 1. The number of rotatable bonds is 3. The molecule has 0 spiro atoms. The molecule has 1 unspecified atom stereocenters. The van der Waals surface area contributed by atoms with Crippen LogP contribution in [0.5, 0.6) is 0 Å². The molecular weight excluding hydrogens is 158 g/mol. The highest BCUT2D eigenvalue weighted by atomic mass is 14.6. The molecule has 0 fully saturated rings. The fourth-order valence-electron chi connectivity index (χ4n) is 2.30. The summed E-state index contributed by atoms with van der Waals surface area (Å²) in [5, 5.41) is 0. The van der Waals surface area contributed by atoms with Gasteiger partial charge in [-0.2, -0.15) is 0 Å². The van der Waals surface area contributed by atoms with Gasteiger partial charge in [0.25, 0.3) is 0 Å². The van der Waals surface area contributed by atoms with Gasteiger partial charge in [-0.05, 0) is 38.0 Å². The quantitative estimate of drug-likeness (QED) is 0.664. The molecule has 0 heterocycles. The van der Waals surface area contributed by atoms with E-state index in [1.165, 1.54) is 38.5 Å². The van der Waals surface area contributed by atoms with Crippen LogP contribution in [0.3, 0.4) is 0 Å². The largest absolute Gasteiger partial charge is 0.324 e. The minimum Gasteiger partial charge on any atom is -0.324 e. The Kier molecular flexibility index (Phi) is 4.51. The minimum atomic E-state index is 0.332. The normalized spacial score (nSPS) is 24.3. The maximum Gasteiger partial charge on any atom is 0.0226 e. The molecule has 0 saturated heterocycles. The Balaban J connectivity index is 2.63. The molecule has 1 aliphatic rings. The van der Waals surface area contributed by atoms with Crippen molar-refractivity contribution in [3.63, 3.8) is 0 Å². The van der Waals surface area contributed by atoms with Gasteiger partial charge >= 0.3 is 0 Å². The van der Waals surface area contributed by atoms with E-state index in [9.17, 15) is 0 Å². The summed E-state index contributed by atoms with van der Waals surface area (Å²) in [5.74, 6) is 0.796. The lowest BCUT2D eigenvalue weighted by atomic mass is 9.90. The van der Waals surface area contributed by atoms with Crippen molar-refractivity contribution >= 4 is 0 Å². The molecule has 1 rings (SSSR count). The van der Waals surface area contributed by atoms with E-state index >= 15 is 0 Å². The van der Waals surface area contributed by atoms with Gasteiger partial charge in [-0.25, -0.2) is 0 Å². The van der Waals surface area contributed by atoms with Gasteiger partial charge in [-0.1, -0.05) is 31.9 Å². The average molecular weight is 181 g/mol. The standard InChI is InChI=1S/C12H23N/c1-3-10(4-2)11-7-5-6-8-12(13)9-11/h9-10,12H,3-8,13H2,1-2H3. The maximum absolute atomic E-state index is 6.00. The molecule has 0 bridgehead atoms. The third-order valence-electron chi connectivity index (χ3n) is 3.19. The second-order valence-electron chi connectivity index (χ2n) is 4.16. The van der Waals surface area contributed by atoms with Gasteiger partial charge in [0.1, 0.15) is 0 Å². The lowest BCUT2D eigenvalue weighted by molar-refractivity contribution is 0.543. The molecule has 0 saturated carbocycles. The molecule has 2 N–H and O–H groups in total. The van der Waals surface area contributed by atoms with Crippen molar-refractivity contribution in [3.05, 3.63) is 11.6 Å². The smallest absolute Gasteiger partial charge is 0.0226 e. The van der Waals surface area contributed by atoms with Crippen molar-refractivity contribution in [1.82, 2.24) is 0 Å². The van der Waals surface area contributed by atoms with E-state index < -0.39 is 0 Å². The van der Waals surface area contributed by atoms with Gasteiger partial charge in [0, 0.05) is 6.04 Å². The van der Waals surface area contributed by atoms with Crippen LogP contribution in [0, 0.1) is 5.92 Å². The fourth-order valence-corrected chi connectivity index (χ4v) is 2.30. The molecule has 0 radical (unpaired) electrons. The third kappa shape index (κ3) is 3.15. The van der Waals surface area contributed by atoms with E-state index in [2.05, 4.69) is 19.9 Å². The Morgan fingerprint density at radius 1 is 1.38 bits per heavy atom. The summed E-state index contributed by atoms with van der Waals surface area (Å²) in [6.07, 6.45) is 10.0. The van der Waals surface area contributed by atoms with Gasteiger partial charge in [0.05, 0.1) is 0 Å². The van der Waals surface area contributed by atoms with Crippen LogP contribution in [0.1, 0.15) is 52.4 Å². The highest BCUT2D eigenvalue weighted by molar-refractivity contribution is 5.11. The predicted octanol–water partition coefficient (Wildman–Crippen LogP) is 3.25. The van der Waals surface area contributed by atoms with E-state index in [1.54, 1.807) is 5.57 Å². The molecule has 13 heavy (non-hydrogen) atoms. The van der Waals surface area contributed by atoms with E-state index in [0.29, 0.717) is 6.04 Å². The van der Waals surface area contributed by atoms with Gasteiger partial charge < -0.3 is 5.73 Å². The van der Waals surface area contributed by atoms with Crippen LogP contribution in [0.4, 0.5) is 0 Å². The van der Waals surface area contributed by atoms with Gasteiger partial charge in [-0.3, -0.25) is 0 Å². The number of hydrogen-bond donors (Lipinski definition) is 1. The van der Waals surface area contributed by atoms with Gasteiger partial charge in [0.15, 0.2) is 0 Å². The fraction of sp³-hybridized carbons (Fsp3) is 0.833.